The standard InChI is InChI=1S/C13H17FN2O/c1-9-2-5-16-12-10(8-14)17-13(11(9)12)3-6-15-7-4-13/h2,5,10,15H,3-4,6-8H2,1H3/t10-/m1/s1. The first-order valence-electron chi connectivity index (χ1n) is 6.17. The molecule has 1 saturated heterocycles. The van der Waals surface area contributed by atoms with Crippen molar-refractivity contribution >= 4 is 0 Å². The second-order valence-electron chi connectivity index (χ2n) is 4.89. The van der Waals surface area contributed by atoms with Crippen molar-refractivity contribution < 1.29 is 9.13 Å². The van der Waals surface area contributed by atoms with Gasteiger partial charge >= 0.3 is 0 Å². The summed E-state index contributed by atoms with van der Waals surface area (Å²) in [6.07, 6.45) is 3.09. The lowest BCUT2D eigenvalue weighted by Crippen LogP contribution is -2.40. The molecule has 2 aliphatic heterocycles. The lowest BCUT2D eigenvalue weighted by atomic mass is 9.83. The molecule has 3 nitrogen and oxygen atoms in total. The van der Waals surface area contributed by atoms with Crippen molar-refractivity contribution in [3.05, 3.63) is 29.1 Å². The molecular weight excluding hydrogens is 219 g/mol. The molecule has 3 rings (SSSR count). The summed E-state index contributed by atoms with van der Waals surface area (Å²) in [5, 5.41) is 3.32. The highest BCUT2D eigenvalue weighted by Crippen LogP contribution is 2.48. The molecule has 1 fully saturated rings. The van der Waals surface area contributed by atoms with Crippen molar-refractivity contribution in [1.29, 1.82) is 0 Å². The molecular formula is C13H17FN2O. The van der Waals surface area contributed by atoms with Gasteiger partial charge in [0.2, 0.25) is 0 Å². The van der Waals surface area contributed by atoms with Crippen molar-refractivity contribution in [2.45, 2.75) is 31.5 Å². The molecule has 0 bridgehead atoms. The second kappa shape index (κ2) is 4.03. The number of alkyl halides is 1. The quantitative estimate of drug-likeness (QED) is 0.810. The van der Waals surface area contributed by atoms with Gasteiger partial charge in [-0.05, 0) is 44.5 Å². The number of halogens is 1. The summed E-state index contributed by atoms with van der Waals surface area (Å²) < 4.78 is 19.1. The molecule has 1 aromatic rings. The summed E-state index contributed by atoms with van der Waals surface area (Å²) in [5.41, 5.74) is 2.83. The van der Waals surface area contributed by atoms with Crippen LogP contribution in [0.1, 0.15) is 35.8 Å². The first-order chi connectivity index (χ1) is 8.27. The van der Waals surface area contributed by atoms with E-state index < -0.39 is 12.8 Å². The van der Waals surface area contributed by atoms with E-state index in [-0.39, 0.29) is 5.60 Å². The molecule has 1 aromatic heterocycles. The SMILES string of the molecule is Cc1ccnc2c1C1(CCNCC1)O[C@@H]2CF. The zero-order valence-corrected chi connectivity index (χ0v) is 10.0. The van der Waals surface area contributed by atoms with E-state index in [1.165, 1.54) is 5.56 Å². The first kappa shape index (κ1) is 11.1. The number of aryl methyl sites for hydroxylation is 1. The van der Waals surface area contributed by atoms with Crippen LogP contribution in [0.5, 0.6) is 0 Å². The minimum Gasteiger partial charge on any atom is -0.358 e. The third-order valence-electron chi connectivity index (χ3n) is 3.87. The van der Waals surface area contributed by atoms with E-state index >= 15 is 0 Å². The highest BCUT2D eigenvalue weighted by atomic mass is 19.1. The molecule has 0 saturated carbocycles. The van der Waals surface area contributed by atoms with Crippen LogP contribution in [0.4, 0.5) is 4.39 Å². The maximum Gasteiger partial charge on any atom is 0.129 e. The van der Waals surface area contributed by atoms with Gasteiger partial charge in [-0.1, -0.05) is 0 Å². The lowest BCUT2D eigenvalue weighted by Gasteiger charge is -2.35. The van der Waals surface area contributed by atoms with Crippen molar-refractivity contribution in [1.82, 2.24) is 10.3 Å². The predicted molar refractivity (Wildman–Crippen MR) is 62.6 cm³/mol. The third-order valence-corrected chi connectivity index (χ3v) is 3.87. The predicted octanol–water partition coefficient (Wildman–Crippen LogP) is 2.01. The Morgan fingerprint density at radius 2 is 2.29 bits per heavy atom. The smallest absolute Gasteiger partial charge is 0.129 e. The van der Waals surface area contributed by atoms with Crippen LogP contribution < -0.4 is 5.32 Å². The molecule has 3 heterocycles. The topological polar surface area (TPSA) is 34.2 Å². The van der Waals surface area contributed by atoms with Gasteiger partial charge in [0.1, 0.15) is 12.8 Å². The molecule has 0 amide bonds. The van der Waals surface area contributed by atoms with Gasteiger partial charge in [0.15, 0.2) is 0 Å². The monoisotopic (exact) mass is 236 g/mol. The van der Waals surface area contributed by atoms with Crippen molar-refractivity contribution in [2.24, 2.45) is 0 Å². The summed E-state index contributed by atoms with van der Waals surface area (Å²) in [7, 11) is 0. The fraction of sp³-hybridized carbons (Fsp3) is 0.615. The summed E-state index contributed by atoms with van der Waals surface area (Å²) >= 11 is 0. The van der Waals surface area contributed by atoms with Gasteiger partial charge < -0.3 is 10.1 Å². The van der Waals surface area contributed by atoms with E-state index in [0.717, 1.165) is 37.2 Å². The zero-order valence-electron chi connectivity index (χ0n) is 10.0. The number of ether oxygens (including phenoxy) is 1. The van der Waals surface area contributed by atoms with Crippen LogP contribution in [-0.4, -0.2) is 24.7 Å². The van der Waals surface area contributed by atoms with Gasteiger partial charge in [-0.2, -0.15) is 0 Å². The van der Waals surface area contributed by atoms with Crippen LogP contribution in [0.2, 0.25) is 0 Å². The molecule has 0 radical (unpaired) electrons. The Hall–Kier alpha value is -1.00. The van der Waals surface area contributed by atoms with Crippen molar-refractivity contribution in [3.8, 4) is 0 Å². The molecule has 0 aliphatic carbocycles. The van der Waals surface area contributed by atoms with E-state index in [2.05, 4.69) is 17.2 Å². The Morgan fingerprint density at radius 3 is 3.00 bits per heavy atom. The van der Waals surface area contributed by atoms with Crippen molar-refractivity contribution in [2.75, 3.05) is 19.8 Å². The molecule has 4 heteroatoms. The van der Waals surface area contributed by atoms with Crippen LogP contribution in [0.25, 0.3) is 0 Å². The number of aromatic nitrogens is 1. The van der Waals surface area contributed by atoms with E-state index in [1.807, 2.05) is 6.07 Å². The van der Waals surface area contributed by atoms with Gasteiger partial charge in [0.05, 0.1) is 11.3 Å². The summed E-state index contributed by atoms with van der Waals surface area (Å²) in [5.74, 6) is 0. The van der Waals surface area contributed by atoms with Gasteiger partial charge in [-0.25, -0.2) is 4.39 Å². The van der Waals surface area contributed by atoms with E-state index in [1.54, 1.807) is 6.20 Å². The summed E-state index contributed by atoms with van der Waals surface area (Å²) in [4.78, 5) is 4.34. The Morgan fingerprint density at radius 1 is 1.53 bits per heavy atom. The van der Waals surface area contributed by atoms with Crippen LogP contribution in [0, 0.1) is 6.92 Å². The maximum absolute atomic E-state index is 13.1. The average Bonchev–Trinajstić information content (AvgIpc) is 2.66. The first-order valence-corrected chi connectivity index (χ1v) is 6.17. The van der Waals surface area contributed by atoms with Gasteiger partial charge in [0.25, 0.3) is 0 Å². The Bertz CT molecular complexity index is 429. The van der Waals surface area contributed by atoms with E-state index in [0.29, 0.717) is 0 Å². The maximum atomic E-state index is 13.1. The number of piperidine rings is 1. The fourth-order valence-corrected chi connectivity index (χ4v) is 3.11. The van der Waals surface area contributed by atoms with Gasteiger partial charge in [-0.3, -0.25) is 4.98 Å². The molecule has 2 aliphatic rings. The number of rotatable bonds is 1. The Labute approximate surface area is 100 Å². The number of hydrogen-bond donors (Lipinski definition) is 1. The van der Waals surface area contributed by atoms with Crippen LogP contribution in [0.15, 0.2) is 12.3 Å². The molecule has 1 spiro atoms. The van der Waals surface area contributed by atoms with Crippen LogP contribution in [0.3, 0.4) is 0 Å². The molecule has 92 valence electrons. The van der Waals surface area contributed by atoms with Crippen molar-refractivity contribution in [3.63, 3.8) is 0 Å². The minimum absolute atomic E-state index is 0.296. The normalized spacial score (nSPS) is 26.1. The van der Waals surface area contributed by atoms with Crippen LogP contribution in [-0.2, 0) is 10.3 Å². The molecule has 0 aromatic carbocycles. The lowest BCUT2D eigenvalue weighted by molar-refractivity contribution is -0.101. The summed E-state index contributed by atoms with van der Waals surface area (Å²) in [6, 6.07) is 1.99. The molecule has 1 atom stereocenters. The largest absolute Gasteiger partial charge is 0.358 e. The van der Waals surface area contributed by atoms with Gasteiger partial charge in [0, 0.05) is 11.8 Å². The Kier molecular flexibility index (Phi) is 2.64. The number of nitrogens with one attached hydrogen (secondary N) is 1. The number of nitrogens with zero attached hydrogens (tertiary/aromatic N) is 1. The van der Waals surface area contributed by atoms with Gasteiger partial charge in [-0.15, -0.1) is 0 Å². The number of fused-ring (bicyclic) bond motifs is 2. The number of hydrogen-bond acceptors (Lipinski definition) is 3. The second-order valence-corrected chi connectivity index (χ2v) is 4.89. The number of pyridine rings is 1. The van der Waals surface area contributed by atoms with E-state index in [9.17, 15) is 4.39 Å². The minimum atomic E-state index is -0.487. The fourth-order valence-electron chi connectivity index (χ4n) is 3.11. The molecule has 1 N–H and O–H groups in total. The average molecular weight is 236 g/mol. The highest BCUT2D eigenvalue weighted by molar-refractivity contribution is 5.40. The summed E-state index contributed by atoms with van der Waals surface area (Å²) in [6.45, 7) is 3.42. The highest BCUT2D eigenvalue weighted by Gasteiger charge is 2.47. The zero-order chi connectivity index (χ0) is 11.9. The van der Waals surface area contributed by atoms with E-state index in [4.69, 9.17) is 4.74 Å². The Balaban J connectivity index is 2.10. The third kappa shape index (κ3) is 1.58. The molecule has 0 unspecified atom stereocenters. The van der Waals surface area contributed by atoms with Crippen LogP contribution >= 0.6 is 0 Å². The molecule has 17 heavy (non-hydrogen) atoms.